The van der Waals surface area contributed by atoms with E-state index in [1.54, 1.807) is 0 Å². The van der Waals surface area contributed by atoms with E-state index in [4.69, 9.17) is 10.5 Å². The van der Waals surface area contributed by atoms with E-state index in [1.807, 2.05) is 24.3 Å². The fourth-order valence-electron chi connectivity index (χ4n) is 1.99. The zero-order chi connectivity index (χ0) is 12.5. The lowest BCUT2D eigenvalue weighted by Crippen LogP contribution is -2.30. The van der Waals surface area contributed by atoms with E-state index in [2.05, 4.69) is 15.5 Å². The van der Waals surface area contributed by atoms with Crippen LogP contribution in [-0.4, -0.2) is 22.7 Å². The fourth-order valence-corrected chi connectivity index (χ4v) is 1.99. The van der Waals surface area contributed by atoms with Crippen LogP contribution in [-0.2, 0) is 0 Å². The lowest BCUT2D eigenvalue weighted by atomic mass is 10.1. The van der Waals surface area contributed by atoms with Gasteiger partial charge in [0.25, 0.3) is 5.91 Å². The first-order valence-corrected chi connectivity index (χ1v) is 5.57. The number of anilines is 1. The number of aromatic nitrogens is 2. The van der Waals surface area contributed by atoms with Gasteiger partial charge in [-0.25, -0.2) is 0 Å². The summed E-state index contributed by atoms with van der Waals surface area (Å²) in [5.74, 6) is 0.524. The molecular formula is C12H12N4O2. The monoisotopic (exact) mass is 244 g/mol. The van der Waals surface area contributed by atoms with Crippen LogP contribution in [0.5, 0.6) is 5.75 Å². The molecule has 4 N–H and O–H groups in total. The number of nitrogens with zero attached hydrogens (tertiary/aromatic N) is 1. The highest BCUT2D eigenvalue weighted by atomic mass is 16.5. The molecule has 1 amide bonds. The van der Waals surface area contributed by atoms with Gasteiger partial charge in [0, 0.05) is 5.56 Å². The van der Waals surface area contributed by atoms with Gasteiger partial charge < -0.3 is 15.8 Å². The molecule has 1 aliphatic heterocycles. The molecule has 1 unspecified atom stereocenters. The normalized spacial score (nSPS) is 17.0. The van der Waals surface area contributed by atoms with Gasteiger partial charge in [0.1, 0.15) is 18.1 Å². The Balaban J connectivity index is 1.79. The molecule has 0 aliphatic carbocycles. The summed E-state index contributed by atoms with van der Waals surface area (Å²) in [4.78, 5) is 12.0. The van der Waals surface area contributed by atoms with Crippen LogP contribution in [0.3, 0.4) is 0 Å². The van der Waals surface area contributed by atoms with Crippen LogP contribution in [0.4, 0.5) is 5.69 Å². The standard InChI is InChI=1S/C12H12N4O2/c13-8-5-14-16-11(8)12(17)15-9-6-18-10-4-2-1-3-7(9)10/h1-5,9H,6,13H2,(H,14,16)(H,15,17). The number of hydrogen-bond acceptors (Lipinski definition) is 4. The SMILES string of the molecule is Nc1cn[nH]c1C(=O)NC1COc2ccccc21. The predicted octanol–water partition coefficient (Wildman–Crippen LogP) is 0.855. The third kappa shape index (κ3) is 1.67. The third-order valence-electron chi connectivity index (χ3n) is 2.90. The van der Waals surface area contributed by atoms with Crippen LogP contribution < -0.4 is 15.8 Å². The number of nitrogens with two attached hydrogens (primary N) is 1. The lowest BCUT2D eigenvalue weighted by Gasteiger charge is -2.10. The number of hydrogen-bond donors (Lipinski definition) is 3. The van der Waals surface area contributed by atoms with Crippen molar-refractivity contribution < 1.29 is 9.53 Å². The first-order chi connectivity index (χ1) is 8.75. The van der Waals surface area contributed by atoms with E-state index in [9.17, 15) is 4.79 Å². The minimum atomic E-state index is -0.282. The van der Waals surface area contributed by atoms with Gasteiger partial charge in [-0.3, -0.25) is 9.89 Å². The van der Waals surface area contributed by atoms with E-state index in [0.29, 0.717) is 12.3 Å². The molecule has 1 atom stereocenters. The van der Waals surface area contributed by atoms with Crippen LogP contribution in [0.1, 0.15) is 22.1 Å². The van der Waals surface area contributed by atoms with E-state index >= 15 is 0 Å². The number of fused-ring (bicyclic) bond motifs is 1. The van der Waals surface area contributed by atoms with Crippen molar-refractivity contribution in [1.82, 2.24) is 15.5 Å². The topological polar surface area (TPSA) is 93.0 Å². The summed E-state index contributed by atoms with van der Waals surface area (Å²) in [7, 11) is 0. The molecule has 2 heterocycles. The Hall–Kier alpha value is -2.50. The summed E-state index contributed by atoms with van der Waals surface area (Å²) >= 11 is 0. The first-order valence-electron chi connectivity index (χ1n) is 5.57. The molecule has 0 fully saturated rings. The minimum absolute atomic E-state index is 0.156. The molecule has 0 saturated carbocycles. The number of benzene rings is 1. The summed E-state index contributed by atoms with van der Waals surface area (Å²) in [6.07, 6.45) is 1.41. The van der Waals surface area contributed by atoms with E-state index in [-0.39, 0.29) is 17.6 Å². The molecule has 1 aliphatic rings. The summed E-state index contributed by atoms with van der Waals surface area (Å²) in [6, 6.07) is 7.47. The molecule has 0 spiro atoms. The molecule has 18 heavy (non-hydrogen) atoms. The van der Waals surface area contributed by atoms with Gasteiger partial charge in [-0.15, -0.1) is 0 Å². The van der Waals surface area contributed by atoms with Crippen molar-refractivity contribution in [2.24, 2.45) is 0 Å². The second-order valence-electron chi connectivity index (χ2n) is 4.08. The Morgan fingerprint density at radius 3 is 3.11 bits per heavy atom. The van der Waals surface area contributed by atoms with E-state index < -0.39 is 0 Å². The Bertz CT molecular complexity index is 593. The summed E-state index contributed by atoms with van der Waals surface area (Å²) < 4.78 is 5.49. The van der Waals surface area contributed by atoms with Crippen molar-refractivity contribution in [3.63, 3.8) is 0 Å². The maximum atomic E-state index is 12.0. The third-order valence-corrected chi connectivity index (χ3v) is 2.90. The lowest BCUT2D eigenvalue weighted by molar-refractivity contribution is 0.0926. The Kier molecular flexibility index (Phi) is 2.40. The molecule has 6 heteroatoms. The smallest absolute Gasteiger partial charge is 0.272 e. The van der Waals surface area contributed by atoms with Crippen LogP contribution >= 0.6 is 0 Å². The van der Waals surface area contributed by atoms with Gasteiger partial charge >= 0.3 is 0 Å². The number of nitrogen functional groups attached to an aromatic ring is 1. The largest absolute Gasteiger partial charge is 0.491 e. The number of ether oxygens (including phenoxy) is 1. The number of carbonyl (C=O) groups excluding carboxylic acids is 1. The van der Waals surface area contributed by atoms with Gasteiger partial charge in [0.2, 0.25) is 0 Å². The molecule has 0 saturated heterocycles. The molecule has 3 rings (SSSR count). The van der Waals surface area contributed by atoms with E-state index in [1.165, 1.54) is 6.20 Å². The maximum Gasteiger partial charge on any atom is 0.272 e. The summed E-state index contributed by atoms with van der Waals surface area (Å²) in [6.45, 7) is 0.430. The number of nitrogens with one attached hydrogen (secondary N) is 2. The maximum absolute atomic E-state index is 12.0. The predicted molar refractivity (Wildman–Crippen MR) is 65.1 cm³/mol. The summed E-state index contributed by atoms with van der Waals surface area (Å²) in [5, 5.41) is 9.16. The number of rotatable bonds is 2. The average molecular weight is 244 g/mol. The first kappa shape index (κ1) is 10.6. The quantitative estimate of drug-likeness (QED) is 0.730. The molecule has 6 nitrogen and oxygen atoms in total. The molecule has 1 aromatic carbocycles. The minimum Gasteiger partial charge on any atom is -0.491 e. The second-order valence-corrected chi connectivity index (χ2v) is 4.08. The molecule has 2 aromatic rings. The molecule has 1 aromatic heterocycles. The Morgan fingerprint density at radius 1 is 1.50 bits per heavy atom. The van der Waals surface area contributed by atoms with Crippen LogP contribution in [0.15, 0.2) is 30.5 Å². The number of para-hydroxylation sites is 1. The number of carbonyl (C=O) groups is 1. The zero-order valence-corrected chi connectivity index (χ0v) is 9.51. The highest BCUT2D eigenvalue weighted by Gasteiger charge is 2.26. The highest BCUT2D eigenvalue weighted by Crippen LogP contribution is 2.31. The second kappa shape index (κ2) is 4.06. The van der Waals surface area contributed by atoms with Crippen LogP contribution in [0.2, 0.25) is 0 Å². The van der Waals surface area contributed by atoms with Crippen molar-refractivity contribution in [1.29, 1.82) is 0 Å². The van der Waals surface area contributed by atoms with Gasteiger partial charge in [-0.1, -0.05) is 18.2 Å². The molecule has 0 radical (unpaired) electrons. The van der Waals surface area contributed by atoms with Crippen molar-refractivity contribution in [3.8, 4) is 5.75 Å². The summed E-state index contributed by atoms with van der Waals surface area (Å²) in [5.41, 5.74) is 7.21. The fraction of sp³-hybridized carbons (Fsp3) is 0.167. The van der Waals surface area contributed by atoms with Crippen LogP contribution in [0.25, 0.3) is 0 Å². The van der Waals surface area contributed by atoms with Crippen molar-refractivity contribution >= 4 is 11.6 Å². The number of aromatic amines is 1. The van der Waals surface area contributed by atoms with Gasteiger partial charge in [0.15, 0.2) is 0 Å². The van der Waals surface area contributed by atoms with Gasteiger partial charge in [-0.2, -0.15) is 5.10 Å². The zero-order valence-electron chi connectivity index (χ0n) is 9.51. The molecular weight excluding hydrogens is 232 g/mol. The molecule has 92 valence electrons. The Labute approximate surface area is 103 Å². The molecule has 0 bridgehead atoms. The van der Waals surface area contributed by atoms with Crippen molar-refractivity contribution in [2.75, 3.05) is 12.3 Å². The Morgan fingerprint density at radius 2 is 2.33 bits per heavy atom. The number of amides is 1. The van der Waals surface area contributed by atoms with Crippen molar-refractivity contribution in [3.05, 3.63) is 41.7 Å². The van der Waals surface area contributed by atoms with Gasteiger partial charge in [-0.05, 0) is 6.07 Å². The van der Waals surface area contributed by atoms with Crippen LogP contribution in [0, 0.1) is 0 Å². The van der Waals surface area contributed by atoms with Crippen molar-refractivity contribution in [2.45, 2.75) is 6.04 Å². The number of H-pyrrole nitrogens is 1. The average Bonchev–Trinajstić information content (AvgIpc) is 2.97. The van der Waals surface area contributed by atoms with E-state index in [0.717, 1.165) is 11.3 Å². The highest BCUT2D eigenvalue weighted by molar-refractivity contribution is 5.97. The van der Waals surface area contributed by atoms with Gasteiger partial charge in [0.05, 0.1) is 17.9 Å².